The van der Waals surface area contributed by atoms with Crippen LogP contribution in [-0.2, 0) is 4.74 Å². The number of rotatable bonds is 7. The van der Waals surface area contributed by atoms with Crippen LogP contribution < -0.4 is 20.1 Å². The first-order valence-corrected chi connectivity index (χ1v) is 12.8. The SMILES string of the molecule is COc1cc2c(Nc3ccc(Cl)c(Cl)c3)ncnc2cc1OCCC1(C(C)(C)C)CNC(C)(C)CO1. The van der Waals surface area contributed by atoms with Gasteiger partial charge in [0.25, 0.3) is 0 Å². The van der Waals surface area contributed by atoms with Crippen LogP contribution in [0.4, 0.5) is 11.5 Å². The van der Waals surface area contributed by atoms with E-state index in [1.54, 1.807) is 19.2 Å². The van der Waals surface area contributed by atoms with E-state index in [-0.39, 0.29) is 16.6 Å². The first-order valence-electron chi connectivity index (χ1n) is 12.0. The Kier molecular flexibility index (Phi) is 7.58. The number of hydrogen-bond donors (Lipinski definition) is 2. The Labute approximate surface area is 222 Å². The molecule has 2 heterocycles. The molecule has 2 N–H and O–H groups in total. The fourth-order valence-electron chi connectivity index (χ4n) is 4.29. The highest BCUT2D eigenvalue weighted by Gasteiger charge is 2.47. The topological polar surface area (TPSA) is 77.5 Å². The number of hydrogen-bond acceptors (Lipinski definition) is 7. The second kappa shape index (κ2) is 10.2. The highest BCUT2D eigenvalue weighted by Crippen LogP contribution is 2.40. The van der Waals surface area contributed by atoms with Gasteiger partial charge in [-0.05, 0) is 43.5 Å². The number of methoxy groups -OCH3 is 1. The van der Waals surface area contributed by atoms with E-state index in [2.05, 4.69) is 55.2 Å². The summed E-state index contributed by atoms with van der Waals surface area (Å²) in [5, 5.41) is 8.67. The molecule has 0 amide bonds. The molecule has 7 nitrogen and oxygen atoms in total. The summed E-state index contributed by atoms with van der Waals surface area (Å²) in [6.07, 6.45) is 2.24. The van der Waals surface area contributed by atoms with Crippen LogP contribution in [0.5, 0.6) is 11.5 Å². The molecular formula is C27H34Cl2N4O3. The van der Waals surface area contributed by atoms with Gasteiger partial charge in [-0.2, -0.15) is 0 Å². The van der Waals surface area contributed by atoms with Gasteiger partial charge in [0.2, 0.25) is 0 Å². The predicted molar refractivity (Wildman–Crippen MR) is 146 cm³/mol. The van der Waals surface area contributed by atoms with Gasteiger partial charge in [-0.1, -0.05) is 44.0 Å². The number of anilines is 2. The molecule has 9 heteroatoms. The number of halogens is 2. The molecule has 1 saturated heterocycles. The monoisotopic (exact) mass is 532 g/mol. The van der Waals surface area contributed by atoms with E-state index >= 15 is 0 Å². The number of benzene rings is 2. The minimum absolute atomic E-state index is 0.0417. The number of nitrogens with zero attached hydrogens (tertiary/aromatic N) is 2. The summed E-state index contributed by atoms with van der Waals surface area (Å²) in [4.78, 5) is 8.86. The zero-order chi connectivity index (χ0) is 26.1. The lowest BCUT2D eigenvalue weighted by atomic mass is 9.73. The first kappa shape index (κ1) is 26.7. The third kappa shape index (κ3) is 5.65. The number of ether oxygens (including phenoxy) is 3. The summed E-state index contributed by atoms with van der Waals surface area (Å²) < 4.78 is 18.4. The van der Waals surface area contributed by atoms with Crippen LogP contribution in [0.25, 0.3) is 10.9 Å². The van der Waals surface area contributed by atoms with Crippen LogP contribution in [0.1, 0.15) is 41.0 Å². The van der Waals surface area contributed by atoms with E-state index in [1.807, 2.05) is 18.2 Å². The highest BCUT2D eigenvalue weighted by atomic mass is 35.5. The highest BCUT2D eigenvalue weighted by molar-refractivity contribution is 6.42. The molecule has 2 aromatic carbocycles. The molecular weight excluding hydrogens is 499 g/mol. The summed E-state index contributed by atoms with van der Waals surface area (Å²) in [6, 6.07) is 9.08. The molecule has 3 aromatic rings. The maximum Gasteiger partial charge on any atom is 0.163 e. The predicted octanol–water partition coefficient (Wildman–Crippen LogP) is 6.64. The number of aromatic nitrogens is 2. The van der Waals surface area contributed by atoms with E-state index < -0.39 is 0 Å². The van der Waals surface area contributed by atoms with Gasteiger partial charge in [0.05, 0.1) is 41.5 Å². The zero-order valence-electron chi connectivity index (χ0n) is 21.7. The standard InChI is InChI=1S/C27H34Cl2N4O3/c1-25(2,3)27(14-32-26(4,5)15-36-27)9-10-35-23-13-21-18(12-22(23)34-6)24(31-16-30-21)33-17-7-8-19(28)20(29)11-17/h7-8,11-13,16,32H,9-10,14-15H2,1-6H3,(H,30,31,33). The van der Waals surface area contributed by atoms with Crippen LogP contribution in [-0.4, -0.2) is 48.0 Å². The van der Waals surface area contributed by atoms with Gasteiger partial charge in [0.1, 0.15) is 12.1 Å². The molecule has 0 aliphatic carbocycles. The molecule has 36 heavy (non-hydrogen) atoms. The van der Waals surface area contributed by atoms with Crippen LogP contribution in [0.2, 0.25) is 10.0 Å². The normalized spacial score (nSPS) is 19.8. The van der Waals surface area contributed by atoms with Crippen molar-refractivity contribution in [3.8, 4) is 11.5 Å². The van der Waals surface area contributed by atoms with Gasteiger partial charge in [0, 0.05) is 35.6 Å². The second-order valence-electron chi connectivity index (χ2n) is 10.9. The second-order valence-corrected chi connectivity index (χ2v) is 11.7. The summed E-state index contributed by atoms with van der Waals surface area (Å²) in [5.74, 6) is 1.85. The van der Waals surface area contributed by atoms with E-state index in [0.717, 1.165) is 29.6 Å². The summed E-state index contributed by atoms with van der Waals surface area (Å²) in [5.41, 5.74) is 1.05. The van der Waals surface area contributed by atoms with Gasteiger partial charge in [-0.25, -0.2) is 9.97 Å². The van der Waals surface area contributed by atoms with Crippen molar-refractivity contribution in [2.45, 2.75) is 52.2 Å². The van der Waals surface area contributed by atoms with Crippen LogP contribution >= 0.6 is 23.2 Å². The maximum absolute atomic E-state index is 6.48. The lowest BCUT2D eigenvalue weighted by Crippen LogP contribution is -2.64. The van der Waals surface area contributed by atoms with Gasteiger partial charge >= 0.3 is 0 Å². The molecule has 194 valence electrons. The molecule has 4 rings (SSSR count). The largest absolute Gasteiger partial charge is 0.493 e. The Morgan fingerprint density at radius 2 is 1.86 bits per heavy atom. The molecule has 1 aliphatic rings. The Bertz CT molecular complexity index is 1230. The van der Waals surface area contributed by atoms with Crippen molar-refractivity contribution >= 4 is 45.6 Å². The van der Waals surface area contributed by atoms with Crippen LogP contribution in [0.3, 0.4) is 0 Å². The first-order chi connectivity index (χ1) is 16.9. The Hall–Kier alpha value is -2.32. The van der Waals surface area contributed by atoms with E-state index in [1.165, 1.54) is 6.33 Å². The molecule has 1 aliphatic heterocycles. The van der Waals surface area contributed by atoms with E-state index in [9.17, 15) is 0 Å². The average molecular weight is 534 g/mol. The van der Waals surface area contributed by atoms with E-state index in [0.29, 0.717) is 40.6 Å². The summed E-state index contributed by atoms with van der Waals surface area (Å²) in [6.45, 7) is 12.8. The average Bonchev–Trinajstić information content (AvgIpc) is 2.81. The van der Waals surface area contributed by atoms with Crippen molar-refractivity contribution in [3.63, 3.8) is 0 Å². The summed E-state index contributed by atoms with van der Waals surface area (Å²) in [7, 11) is 1.62. The van der Waals surface area contributed by atoms with Crippen LogP contribution in [0, 0.1) is 5.41 Å². The number of morpholine rings is 1. The lowest BCUT2D eigenvalue weighted by Gasteiger charge is -2.51. The summed E-state index contributed by atoms with van der Waals surface area (Å²) >= 11 is 12.2. The third-order valence-electron chi connectivity index (χ3n) is 6.80. The minimum Gasteiger partial charge on any atom is -0.493 e. The Morgan fingerprint density at radius 3 is 2.50 bits per heavy atom. The molecule has 0 radical (unpaired) electrons. The lowest BCUT2D eigenvalue weighted by molar-refractivity contribution is -0.165. The van der Waals surface area contributed by atoms with Gasteiger partial charge in [-0.15, -0.1) is 0 Å². The maximum atomic E-state index is 6.48. The molecule has 1 atom stereocenters. The van der Waals surface area contributed by atoms with Crippen molar-refractivity contribution in [2.24, 2.45) is 5.41 Å². The fourth-order valence-corrected chi connectivity index (χ4v) is 4.59. The van der Waals surface area contributed by atoms with Crippen molar-refractivity contribution in [3.05, 3.63) is 46.7 Å². The van der Waals surface area contributed by atoms with Crippen molar-refractivity contribution in [1.29, 1.82) is 0 Å². The third-order valence-corrected chi connectivity index (χ3v) is 7.53. The molecule has 0 bridgehead atoms. The Morgan fingerprint density at radius 1 is 1.08 bits per heavy atom. The quantitative estimate of drug-likeness (QED) is 0.353. The molecule has 1 aromatic heterocycles. The number of fused-ring (bicyclic) bond motifs is 1. The van der Waals surface area contributed by atoms with Gasteiger partial charge in [0.15, 0.2) is 11.5 Å². The van der Waals surface area contributed by atoms with Crippen LogP contribution in [0.15, 0.2) is 36.7 Å². The molecule has 0 spiro atoms. The minimum atomic E-state index is -0.342. The molecule has 1 fully saturated rings. The molecule has 1 unspecified atom stereocenters. The van der Waals surface area contributed by atoms with Crippen molar-refractivity contribution in [1.82, 2.24) is 15.3 Å². The van der Waals surface area contributed by atoms with E-state index in [4.69, 9.17) is 37.4 Å². The molecule has 0 saturated carbocycles. The fraction of sp³-hybridized carbons (Fsp3) is 0.481. The Balaban J connectivity index is 1.55. The van der Waals surface area contributed by atoms with Gasteiger partial charge < -0.3 is 24.8 Å². The van der Waals surface area contributed by atoms with Crippen molar-refractivity contribution in [2.75, 3.05) is 32.2 Å². The van der Waals surface area contributed by atoms with Gasteiger partial charge in [-0.3, -0.25) is 0 Å². The smallest absolute Gasteiger partial charge is 0.163 e. The number of nitrogens with one attached hydrogen (secondary N) is 2. The zero-order valence-corrected chi connectivity index (χ0v) is 23.2. The van der Waals surface area contributed by atoms with Crippen molar-refractivity contribution < 1.29 is 14.2 Å².